The van der Waals surface area contributed by atoms with Crippen LogP contribution in [0.2, 0.25) is 0 Å². The summed E-state index contributed by atoms with van der Waals surface area (Å²) in [6, 6.07) is 0. The molecule has 5 nitrogen and oxygen atoms in total. The van der Waals surface area contributed by atoms with Crippen molar-refractivity contribution in [3.63, 3.8) is 0 Å². The monoisotopic (exact) mass is 283 g/mol. The Kier molecular flexibility index (Phi) is 6.99. The van der Waals surface area contributed by atoms with Crippen molar-refractivity contribution in [1.82, 2.24) is 14.7 Å². The lowest BCUT2D eigenvalue weighted by Gasteiger charge is -2.32. The van der Waals surface area contributed by atoms with Crippen LogP contribution >= 0.6 is 0 Å². The van der Waals surface area contributed by atoms with Gasteiger partial charge < -0.3 is 9.80 Å². The van der Waals surface area contributed by atoms with Crippen molar-refractivity contribution in [2.75, 3.05) is 46.3 Å². The Balaban J connectivity index is 2.39. The summed E-state index contributed by atoms with van der Waals surface area (Å²) in [6.07, 6.45) is 2.30. The topological polar surface area (TPSA) is 43.9 Å². The van der Waals surface area contributed by atoms with Crippen LogP contribution < -0.4 is 0 Å². The van der Waals surface area contributed by atoms with E-state index in [-0.39, 0.29) is 11.8 Å². The van der Waals surface area contributed by atoms with Crippen LogP contribution in [0.5, 0.6) is 0 Å². The Bertz CT molecular complexity index is 329. The number of likely N-dealkylation sites (N-methyl/N-ethyl adjacent to an activating group) is 2. The maximum Gasteiger partial charge on any atom is 0.236 e. The van der Waals surface area contributed by atoms with E-state index in [9.17, 15) is 9.59 Å². The predicted octanol–water partition coefficient (Wildman–Crippen LogP) is 1.05. The zero-order valence-electron chi connectivity index (χ0n) is 13.4. The zero-order chi connectivity index (χ0) is 15.1. The van der Waals surface area contributed by atoms with Gasteiger partial charge in [0.15, 0.2) is 0 Å². The van der Waals surface area contributed by atoms with Crippen LogP contribution in [-0.2, 0) is 9.59 Å². The summed E-state index contributed by atoms with van der Waals surface area (Å²) < 4.78 is 0. The van der Waals surface area contributed by atoms with Gasteiger partial charge in [-0.25, -0.2) is 0 Å². The van der Waals surface area contributed by atoms with Gasteiger partial charge in [0.25, 0.3) is 0 Å². The standard InChI is InChI=1S/C15H29N3O2/c1-5-17(6-2)14(19)11-16(4)12-15(20)18-9-7-8-13(3)10-18/h13H,5-12H2,1-4H3. The number of piperidine rings is 1. The quantitative estimate of drug-likeness (QED) is 0.732. The number of hydrogen-bond acceptors (Lipinski definition) is 3. The average Bonchev–Trinajstić information content (AvgIpc) is 2.39. The van der Waals surface area contributed by atoms with Crippen LogP contribution in [0.1, 0.15) is 33.6 Å². The molecule has 1 saturated heterocycles. The van der Waals surface area contributed by atoms with Crippen LogP contribution in [0.4, 0.5) is 0 Å². The number of hydrogen-bond donors (Lipinski definition) is 0. The van der Waals surface area contributed by atoms with Gasteiger partial charge in [-0.05, 0) is 39.7 Å². The van der Waals surface area contributed by atoms with E-state index in [2.05, 4.69) is 6.92 Å². The van der Waals surface area contributed by atoms with Crippen molar-refractivity contribution < 1.29 is 9.59 Å². The Labute approximate surface area is 122 Å². The summed E-state index contributed by atoms with van der Waals surface area (Å²) in [6.45, 7) is 9.95. The van der Waals surface area contributed by atoms with E-state index in [1.807, 2.05) is 30.7 Å². The van der Waals surface area contributed by atoms with Crippen LogP contribution in [0, 0.1) is 5.92 Å². The highest BCUT2D eigenvalue weighted by atomic mass is 16.2. The molecule has 0 aliphatic carbocycles. The third kappa shape index (κ3) is 5.12. The molecule has 0 N–H and O–H groups in total. The molecule has 116 valence electrons. The molecule has 0 radical (unpaired) electrons. The highest BCUT2D eigenvalue weighted by Crippen LogP contribution is 2.15. The molecule has 1 heterocycles. The van der Waals surface area contributed by atoms with Crippen LogP contribution in [0.25, 0.3) is 0 Å². The zero-order valence-corrected chi connectivity index (χ0v) is 13.4. The smallest absolute Gasteiger partial charge is 0.236 e. The van der Waals surface area contributed by atoms with Gasteiger partial charge >= 0.3 is 0 Å². The second kappa shape index (κ2) is 8.25. The van der Waals surface area contributed by atoms with Crippen molar-refractivity contribution in [2.24, 2.45) is 5.92 Å². The van der Waals surface area contributed by atoms with Crippen LogP contribution in [0.15, 0.2) is 0 Å². The Morgan fingerprint density at radius 3 is 2.40 bits per heavy atom. The number of amides is 2. The lowest BCUT2D eigenvalue weighted by molar-refractivity contribution is -0.136. The predicted molar refractivity (Wildman–Crippen MR) is 80.4 cm³/mol. The molecule has 2 amide bonds. The van der Waals surface area contributed by atoms with E-state index >= 15 is 0 Å². The van der Waals surface area contributed by atoms with E-state index < -0.39 is 0 Å². The van der Waals surface area contributed by atoms with Crippen LogP contribution in [-0.4, -0.2) is 72.8 Å². The molecule has 0 aromatic rings. The minimum atomic E-state index is 0.0947. The number of carbonyl (C=O) groups is 2. The van der Waals surface area contributed by atoms with Gasteiger partial charge in [-0.15, -0.1) is 0 Å². The number of likely N-dealkylation sites (tertiary alicyclic amines) is 1. The van der Waals surface area contributed by atoms with E-state index in [0.717, 1.165) is 32.6 Å². The van der Waals surface area contributed by atoms with Crippen molar-refractivity contribution in [3.8, 4) is 0 Å². The van der Waals surface area contributed by atoms with E-state index in [1.54, 1.807) is 4.90 Å². The summed E-state index contributed by atoms with van der Waals surface area (Å²) in [5.41, 5.74) is 0. The lowest BCUT2D eigenvalue weighted by Crippen LogP contribution is -2.46. The second-order valence-corrected chi connectivity index (χ2v) is 5.83. The molecule has 1 rings (SSSR count). The SMILES string of the molecule is CCN(CC)C(=O)CN(C)CC(=O)N1CCCC(C)C1. The molecular weight excluding hydrogens is 254 g/mol. The van der Waals surface area contributed by atoms with Crippen molar-refractivity contribution in [2.45, 2.75) is 33.6 Å². The Morgan fingerprint density at radius 1 is 1.20 bits per heavy atom. The van der Waals surface area contributed by atoms with Gasteiger partial charge in [-0.2, -0.15) is 0 Å². The summed E-state index contributed by atoms with van der Waals surface area (Å²) in [5.74, 6) is 0.832. The molecule has 1 fully saturated rings. The number of carbonyl (C=O) groups excluding carboxylic acids is 2. The normalized spacial score (nSPS) is 19.2. The molecule has 0 bridgehead atoms. The lowest BCUT2D eigenvalue weighted by atomic mass is 10.0. The first-order valence-corrected chi connectivity index (χ1v) is 7.72. The molecule has 1 aliphatic rings. The molecule has 20 heavy (non-hydrogen) atoms. The van der Waals surface area contributed by atoms with Gasteiger partial charge in [0, 0.05) is 26.2 Å². The van der Waals surface area contributed by atoms with Crippen LogP contribution in [0.3, 0.4) is 0 Å². The van der Waals surface area contributed by atoms with E-state index in [4.69, 9.17) is 0 Å². The average molecular weight is 283 g/mol. The first-order chi connectivity index (χ1) is 9.47. The maximum absolute atomic E-state index is 12.2. The summed E-state index contributed by atoms with van der Waals surface area (Å²) in [7, 11) is 1.84. The molecule has 0 aromatic heterocycles. The summed E-state index contributed by atoms with van der Waals surface area (Å²) in [4.78, 5) is 29.7. The van der Waals surface area contributed by atoms with Crippen molar-refractivity contribution >= 4 is 11.8 Å². The molecule has 1 atom stereocenters. The van der Waals surface area contributed by atoms with Gasteiger partial charge in [0.1, 0.15) is 0 Å². The fraction of sp³-hybridized carbons (Fsp3) is 0.867. The molecule has 5 heteroatoms. The molecular formula is C15H29N3O2. The van der Waals surface area contributed by atoms with Gasteiger partial charge in [-0.1, -0.05) is 6.92 Å². The van der Waals surface area contributed by atoms with Gasteiger partial charge in [0.05, 0.1) is 13.1 Å². The third-order valence-corrected chi connectivity index (χ3v) is 3.94. The molecule has 0 saturated carbocycles. The highest BCUT2D eigenvalue weighted by molar-refractivity contribution is 5.81. The van der Waals surface area contributed by atoms with Gasteiger partial charge in [0.2, 0.25) is 11.8 Å². The minimum Gasteiger partial charge on any atom is -0.342 e. The third-order valence-electron chi connectivity index (χ3n) is 3.94. The fourth-order valence-corrected chi connectivity index (χ4v) is 2.71. The first-order valence-electron chi connectivity index (χ1n) is 7.72. The Hall–Kier alpha value is -1.10. The van der Waals surface area contributed by atoms with Crippen molar-refractivity contribution in [1.29, 1.82) is 0 Å². The molecule has 1 unspecified atom stereocenters. The Morgan fingerprint density at radius 2 is 1.85 bits per heavy atom. The minimum absolute atomic E-state index is 0.0947. The molecule has 1 aliphatic heterocycles. The molecule has 0 aromatic carbocycles. The molecule has 0 spiro atoms. The second-order valence-electron chi connectivity index (χ2n) is 5.83. The summed E-state index contributed by atoms with van der Waals surface area (Å²) >= 11 is 0. The highest BCUT2D eigenvalue weighted by Gasteiger charge is 2.22. The fourth-order valence-electron chi connectivity index (χ4n) is 2.71. The van der Waals surface area contributed by atoms with E-state index in [0.29, 0.717) is 19.0 Å². The van der Waals surface area contributed by atoms with Gasteiger partial charge in [-0.3, -0.25) is 14.5 Å². The summed E-state index contributed by atoms with van der Waals surface area (Å²) in [5, 5.41) is 0. The largest absolute Gasteiger partial charge is 0.342 e. The number of rotatable bonds is 6. The van der Waals surface area contributed by atoms with E-state index in [1.165, 1.54) is 6.42 Å². The number of nitrogens with zero attached hydrogens (tertiary/aromatic N) is 3. The maximum atomic E-state index is 12.2. The van der Waals surface area contributed by atoms with Crippen molar-refractivity contribution in [3.05, 3.63) is 0 Å². The first kappa shape index (κ1) is 17.0.